The highest BCUT2D eigenvalue weighted by Crippen LogP contribution is 2.17. The lowest BCUT2D eigenvalue weighted by Gasteiger charge is -2.14. The first-order chi connectivity index (χ1) is 10.6. The molecule has 1 aromatic heterocycles. The first-order valence-corrected chi connectivity index (χ1v) is 8.49. The van der Waals surface area contributed by atoms with Gasteiger partial charge in [-0.3, -0.25) is 4.79 Å². The molecule has 0 bridgehead atoms. The Labute approximate surface area is 160 Å². The van der Waals surface area contributed by atoms with Crippen LogP contribution in [0.2, 0.25) is 0 Å². The highest BCUT2D eigenvalue weighted by molar-refractivity contribution is 7.07. The zero-order valence-corrected chi connectivity index (χ0v) is 16.3. The lowest BCUT2D eigenvalue weighted by molar-refractivity contribution is -0.121. The highest BCUT2D eigenvalue weighted by atomic mass is 35.5. The predicted octanol–water partition coefficient (Wildman–Crippen LogP) is 3.86. The molecule has 7 heteroatoms. The Morgan fingerprint density at radius 1 is 1.21 bits per heavy atom. The number of nitrogens with one attached hydrogen (secondary N) is 1. The van der Waals surface area contributed by atoms with E-state index in [9.17, 15) is 4.79 Å². The topological polar surface area (TPSA) is 68.0 Å². The fourth-order valence-electron chi connectivity index (χ4n) is 2.16. The van der Waals surface area contributed by atoms with Crippen LogP contribution in [0.25, 0.3) is 0 Å². The quantitative estimate of drug-likeness (QED) is 0.754. The maximum absolute atomic E-state index is 11.8. The molecule has 4 nitrogen and oxygen atoms in total. The van der Waals surface area contributed by atoms with Gasteiger partial charge in [0.2, 0.25) is 5.91 Å². The van der Waals surface area contributed by atoms with Gasteiger partial charge in [-0.05, 0) is 23.5 Å². The van der Waals surface area contributed by atoms with Gasteiger partial charge in [-0.25, -0.2) is 4.98 Å². The van der Waals surface area contributed by atoms with Crippen LogP contribution in [0.1, 0.15) is 49.0 Å². The van der Waals surface area contributed by atoms with E-state index in [-0.39, 0.29) is 36.8 Å². The van der Waals surface area contributed by atoms with Crippen LogP contribution in [-0.4, -0.2) is 17.4 Å². The molecule has 0 radical (unpaired) electrons. The van der Waals surface area contributed by atoms with Crippen molar-refractivity contribution >= 4 is 42.1 Å². The van der Waals surface area contributed by atoms with Crippen molar-refractivity contribution < 1.29 is 4.79 Å². The van der Waals surface area contributed by atoms with Gasteiger partial charge in [-0.15, -0.1) is 36.2 Å². The number of aromatic nitrogens is 1. The van der Waals surface area contributed by atoms with Gasteiger partial charge in [-0.1, -0.05) is 38.1 Å². The third kappa shape index (κ3) is 7.18. The summed E-state index contributed by atoms with van der Waals surface area (Å²) in [7, 11) is 0. The van der Waals surface area contributed by atoms with Crippen LogP contribution in [0, 0.1) is 0 Å². The molecule has 1 heterocycles. The van der Waals surface area contributed by atoms with Crippen molar-refractivity contribution in [3.63, 3.8) is 0 Å². The van der Waals surface area contributed by atoms with Crippen LogP contribution in [0.5, 0.6) is 0 Å². The van der Waals surface area contributed by atoms with E-state index in [1.807, 2.05) is 17.5 Å². The number of aryl methyl sites for hydroxylation is 1. The van der Waals surface area contributed by atoms with Gasteiger partial charge in [0.25, 0.3) is 0 Å². The average Bonchev–Trinajstić information content (AvgIpc) is 3.04. The largest absolute Gasteiger partial charge is 0.354 e. The number of amides is 1. The second-order valence-corrected chi connectivity index (χ2v) is 6.43. The summed E-state index contributed by atoms with van der Waals surface area (Å²) in [6, 6.07) is 8.11. The maximum Gasteiger partial charge on any atom is 0.220 e. The summed E-state index contributed by atoms with van der Waals surface area (Å²) in [4.78, 5) is 16.0. The van der Waals surface area contributed by atoms with Gasteiger partial charge in [0.1, 0.15) is 0 Å². The fraction of sp³-hybridized carbons (Fsp3) is 0.412. The van der Waals surface area contributed by atoms with Crippen LogP contribution in [0.15, 0.2) is 35.2 Å². The second-order valence-electron chi connectivity index (χ2n) is 5.71. The Bertz CT molecular complexity index is 588. The fourth-order valence-corrected chi connectivity index (χ4v) is 2.75. The minimum absolute atomic E-state index is 0. The van der Waals surface area contributed by atoms with E-state index in [4.69, 9.17) is 5.73 Å². The molecule has 134 valence electrons. The van der Waals surface area contributed by atoms with E-state index in [1.54, 1.807) is 16.8 Å². The van der Waals surface area contributed by atoms with Crippen molar-refractivity contribution in [3.05, 3.63) is 52.0 Å². The summed E-state index contributed by atoms with van der Waals surface area (Å²) in [5.41, 5.74) is 11.2. The molecule has 0 aliphatic heterocycles. The number of carbonyl (C=O) groups excluding carboxylic acids is 1. The van der Waals surface area contributed by atoms with Crippen molar-refractivity contribution in [2.45, 2.75) is 38.6 Å². The van der Waals surface area contributed by atoms with Gasteiger partial charge >= 0.3 is 0 Å². The first-order valence-electron chi connectivity index (χ1n) is 7.55. The van der Waals surface area contributed by atoms with Crippen LogP contribution in [-0.2, 0) is 11.2 Å². The van der Waals surface area contributed by atoms with E-state index in [0.29, 0.717) is 25.3 Å². The SMILES string of the molecule is CC(C)c1ccc(C(N)CNC(=O)CCc2cscn2)cc1.Cl.Cl. The molecule has 2 rings (SSSR count). The molecule has 2 aromatic rings. The number of carbonyl (C=O) groups is 1. The highest BCUT2D eigenvalue weighted by Gasteiger charge is 2.09. The molecule has 0 aliphatic carbocycles. The van der Waals surface area contributed by atoms with Crippen molar-refractivity contribution in [1.82, 2.24) is 10.3 Å². The number of thiazole rings is 1. The standard InChI is InChI=1S/C17H23N3OS.2ClH/c1-12(2)13-3-5-14(6-4-13)16(18)9-19-17(21)8-7-15-10-22-11-20-15;;/h3-6,10-12,16H,7-9,18H2,1-2H3,(H,19,21);2*1H. The molecule has 1 unspecified atom stereocenters. The van der Waals surface area contributed by atoms with Crippen LogP contribution in [0.4, 0.5) is 0 Å². The van der Waals surface area contributed by atoms with Crippen molar-refractivity contribution in [2.24, 2.45) is 5.73 Å². The molecule has 0 spiro atoms. The Morgan fingerprint density at radius 3 is 2.38 bits per heavy atom. The number of halogens is 2. The maximum atomic E-state index is 11.8. The molecule has 1 atom stereocenters. The summed E-state index contributed by atoms with van der Waals surface area (Å²) >= 11 is 1.55. The lowest BCUT2D eigenvalue weighted by atomic mass is 9.99. The molecule has 0 aliphatic rings. The minimum Gasteiger partial charge on any atom is -0.354 e. The zero-order chi connectivity index (χ0) is 15.9. The van der Waals surface area contributed by atoms with Crippen LogP contribution >= 0.6 is 36.2 Å². The van der Waals surface area contributed by atoms with E-state index >= 15 is 0 Å². The third-order valence-electron chi connectivity index (χ3n) is 3.64. The van der Waals surface area contributed by atoms with E-state index < -0.39 is 0 Å². The monoisotopic (exact) mass is 389 g/mol. The van der Waals surface area contributed by atoms with Crippen molar-refractivity contribution in [1.29, 1.82) is 0 Å². The third-order valence-corrected chi connectivity index (χ3v) is 4.28. The minimum atomic E-state index is -0.176. The van der Waals surface area contributed by atoms with Crippen LogP contribution in [0.3, 0.4) is 0 Å². The van der Waals surface area contributed by atoms with E-state index in [0.717, 1.165) is 11.3 Å². The Balaban J connectivity index is 0.00000264. The van der Waals surface area contributed by atoms with E-state index in [1.165, 1.54) is 5.56 Å². The van der Waals surface area contributed by atoms with E-state index in [2.05, 4.69) is 36.3 Å². The smallest absolute Gasteiger partial charge is 0.220 e. The molecule has 1 amide bonds. The molecule has 24 heavy (non-hydrogen) atoms. The molecule has 3 N–H and O–H groups in total. The predicted molar refractivity (Wildman–Crippen MR) is 105 cm³/mol. The van der Waals surface area contributed by atoms with Gasteiger partial charge in [0.05, 0.1) is 11.2 Å². The number of hydrogen-bond donors (Lipinski definition) is 2. The van der Waals surface area contributed by atoms with Gasteiger partial charge in [0, 0.05) is 24.4 Å². The van der Waals surface area contributed by atoms with Gasteiger partial charge in [-0.2, -0.15) is 0 Å². The summed E-state index contributed by atoms with van der Waals surface area (Å²) in [6.07, 6.45) is 1.12. The Morgan fingerprint density at radius 2 is 1.83 bits per heavy atom. The molecular weight excluding hydrogens is 365 g/mol. The summed E-state index contributed by atoms with van der Waals surface area (Å²) in [5.74, 6) is 0.526. The summed E-state index contributed by atoms with van der Waals surface area (Å²) in [6.45, 7) is 4.78. The number of hydrogen-bond acceptors (Lipinski definition) is 4. The molecule has 1 aromatic carbocycles. The van der Waals surface area contributed by atoms with Crippen molar-refractivity contribution in [2.75, 3.05) is 6.54 Å². The Hall–Kier alpha value is -1.14. The van der Waals surface area contributed by atoms with Crippen LogP contribution < -0.4 is 11.1 Å². The number of nitrogens with zero attached hydrogens (tertiary/aromatic N) is 1. The normalized spacial score (nSPS) is 11.3. The average molecular weight is 390 g/mol. The lowest BCUT2D eigenvalue weighted by Crippen LogP contribution is -2.32. The number of rotatable bonds is 7. The molecule has 0 saturated carbocycles. The van der Waals surface area contributed by atoms with Crippen molar-refractivity contribution in [3.8, 4) is 0 Å². The summed E-state index contributed by atoms with van der Waals surface area (Å²) < 4.78 is 0. The summed E-state index contributed by atoms with van der Waals surface area (Å²) in [5, 5.41) is 4.86. The van der Waals surface area contributed by atoms with Gasteiger partial charge < -0.3 is 11.1 Å². The molecule has 0 fully saturated rings. The van der Waals surface area contributed by atoms with Gasteiger partial charge in [0.15, 0.2) is 0 Å². The Kier molecular flexibility index (Phi) is 10.9. The first kappa shape index (κ1) is 22.9. The number of nitrogens with two attached hydrogens (primary N) is 1. The molecular formula is C17H25Cl2N3OS. The number of benzene rings is 1. The second kappa shape index (κ2) is 11.4. The molecule has 0 saturated heterocycles. The zero-order valence-electron chi connectivity index (χ0n) is 13.9.